The van der Waals surface area contributed by atoms with E-state index in [2.05, 4.69) is 18.7 Å². The van der Waals surface area contributed by atoms with Gasteiger partial charge in [-0.1, -0.05) is 37.3 Å². The molecule has 1 atom stereocenters. The second-order valence-corrected chi connectivity index (χ2v) is 6.36. The van der Waals surface area contributed by atoms with Gasteiger partial charge in [0.15, 0.2) is 0 Å². The minimum atomic E-state index is -0.100. The zero-order valence-corrected chi connectivity index (χ0v) is 12.8. The summed E-state index contributed by atoms with van der Waals surface area (Å²) in [6, 6.07) is 9.82. The molecule has 0 aromatic heterocycles. The average Bonchev–Trinajstić information content (AvgIpc) is 2.76. The number of rotatable bonds is 5. The number of hydrogen-bond donors (Lipinski definition) is 0. The lowest BCUT2D eigenvalue weighted by atomic mass is 10.0. The summed E-state index contributed by atoms with van der Waals surface area (Å²) in [5.74, 6) is -0.173. The topological polar surface area (TPSA) is 29.5 Å². The molecule has 1 aromatic rings. The number of nitrogens with zero attached hydrogens (tertiary/aromatic N) is 1. The number of hydrogen-bond acceptors (Lipinski definition) is 3. The van der Waals surface area contributed by atoms with Crippen molar-refractivity contribution in [3.63, 3.8) is 0 Å². The molecule has 20 heavy (non-hydrogen) atoms. The molecule has 2 rings (SSSR count). The molecule has 0 spiro atoms. The van der Waals surface area contributed by atoms with E-state index in [0.29, 0.717) is 6.61 Å². The molecular formula is C17H25NO2. The summed E-state index contributed by atoms with van der Waals surface area (Å²) in [4.78, 5) is 14.5. The first-order valence-electron chi connectivity index (χ1n) is 7.45. The van der Waals surface area contributed by atoms with Crippen molar-refractivity contribution in [1.29, 1.82) is 0 Å². The van der Waals surface area contributed by atoms with Crippen LogP contribution in [0.15, 0.2) is 30.3 Å². The number of likely N-dealkylation sites (tertiary alicyclic amines) is 1. The summed E-state index contributed by atoms with van der Waals surface area (Å²) in [5, 5.41) is 0. The van der Waals surface area contributed by atoms with Crippen LogP contribution < -0.4 is 0 Å². The highest BCUT2D eigenvalue weighted by Gasteiger charge is 2.33. The van der Waals surface area contributed by atoms with Gasteiger partial charge >= 0.3 is 5.97 Å². The van der Waals surface area contributed by atoms with E-state index in [0.717, 1.165) is 18.7 Å². The van der Waals surface area contributed by atoms with Gasteiger partial charge in [-0.15, -0.1) is 0 Å². The maximum atomic E-state index is 12.1. The molecule has 0 N–H and O–H groups in total. The number of esters is 1. The summed E-state index contributed by atoms with van der Waals surface area (Å²) in [6.45, 7) is 8.71. The van der Waals surface area contributed by atoms with E-state index in [1.807, 2.05) is 37.3 Å². The van der Waals surface area contributed by atoms with Gasteiger partial charge in [-0.05, 0) is 38.8 Å². The first-order valence-corrected chi connectivity index (χ1v) is 7.45. The van der Waals surface area contributed by atoms with E-state index in [-0.39, 0.29) is 17.4 Å². The molecule has 0 bridgehead atoms. The zero-order valence-electron chi connectivity index (χ0n) is 12.8. The van der Waals surface area contributed by atoms with Gasteiger partial charge in [-0.3, -0.25) is 9.69 Å². The molecule has 1 aromatic carbocycles. The fraction of sp³-hybridized carbons (Fsp3) is 0.588. The number of ether oxygens (including phenoxy) is 1. The maximum Gasteiger partial charge on any atom is 0.310 e. The van der Waals surface area contributed by atoms with Crippen molar-refractivity contribution >= 4 is 5.97 Å². The van der Waals surface area contributed by atoms with Gasteiger partial charge in [0.05, 0.1) is 5.92 Å². The smallest absolute Gasteiger partial charge is 0.310 e. The fourth-order valence-corrected chi connectivity index (χ4v) is 2.78. The molecule has 0 saturated carbocycles. The van der Waals surface area contributed by atoms with E-state index in [9.17, 15) is 4.79 Å². The zero-order chi connectivity index (χ0) is 14.6. The normalized spacial score (nSPS) is 19.8. The Labute approximate surface area is 121 Å². The Hall–Kier alpha value is -1.35. The van der Waals surface area contributed by atoms with Gasteiger partial charge in [-0.25, -0.2) is 0 Å². The third-order valence-corrected chi connectivity index (χ3v) is 4.19. The highest BCUT2D eigenvalue weighted by atomic mass is 16.5. The molecule has 3 nitrogen and oxygen atoms in total. The molecule has 1 aliphatic rings. The van der Waals surface area contributed by atoms with E-state index >= 15 is 0 Å². The summed E-state index contributed by atoms with van der Waals surface area (Å²) in [7, 11) is 0. The van der Waals surface area contributed by atoms with Crippen molar-refractivity contribution in [1.82, 2.24) is 4.90 Å². The lowest BCUT2D eigenvalue weighted by Gasteiger charge is -2.33. The lowest BCUT2D eigenvalue weighted by molar-refractivity contribution is -0.150. The quantitative estimate of drug-likeness (QED) is 0.773. The third kappa shape index (κ3) is 3.83. The van der Waals surface area contributed by atoms with Gasteiger partial charge in [0.2, 0.25) is 0 Å². The highest BCUT2D eigenvalue weighted by molar-refractivity contribution is 5.72. The van der Waals surface area contributed by atoms with Crippen LogP contribution >= 0.6 is 0 Å². The molecule has 3 heteroatoms. The fourth-order valence-electron chi connectivity index (χ4n) is 2.78. The Balaban J connectivity index is 1.80. The predicted octanol–water partition coefficient (Wildman–Crippen LogP) is 3.24. The van der Waals surface area contributed by atoms with Gasteiger partial charge < -0.3 is 4.74 Å². The molecular weight excluding hydrogens is 250 g/mol. The van der Waals surface area contributed by atoms with Crippen molar-refractivity contribution in [3.8, 4) is 0 Å². The minimum absolute atomic E-state index is 0.0731. The van der Waals surface area contributed by atoms with Crippen LogP contribution in [0.25, 0.3) is 0 Å². The molecule has 0 aliphatic carbocycles. The second kappa shape index (κ2) is 6.40. The predicted molar refractivity (Wildman–Crippen MR) is 80.3 cm³/mol. The van der Waals surface area contributed by atoms with Crippen LogP contribution in [0.2, 0.25) is 0 Å². The monoisotopic (exact) mass is 275 g/mol. The molecule has 1 unspecified atom stereocenters. The summed E-state index contributed by atoms with van der Waals surface area (Å²) in [6.07, 6.45) is 2.43. The largest absolute Gasteiger partial charge is 0.461 e. The summed E-state index contributed by atoms with van der Waals surface area (Å²) >= 11 is 0. The van der Waals surface area contributed by atoms with Crippen molar-refractivity contribution in [3.05, 3.63) is 35.9 Å². The molecule has 1 fully saturated rings. The van der Waals surface area contributed by atoms with E-state index in [1.54, 1.807) is 0 Å². The van der Waals surface area contributed by atoms with Gasteiger partial charge in [0, 0.05) is 12.1 Å². The van der Waals surface area contributed by atoms with E-state index in [4.69, 9.17) is 4.74 Å². The van der Waals surface area contributed by atoms with Gasteiger partial charge in [0.1, 0.15) is 6.61 Å². The van der Waals surface area contributed by atoms with Gasteiger partial charge in [-0.2, -0.15) is 0 Å². The van der Waals surface area contributed by atoms with Crippen molar-refractivity contribution in [2.45, 2.75) is 45.8 Å². The molecule has 1 aliphatic heterocycles. The Morgan fingerprint density at radius 2 is 2.05 bits per heavy atom. The number of carbonyl (C=O) groups is 1. The Morgan fingerprint density at radius 3 is 2.65 bits per heavy atom. The standard InChI is InChI=1S/C17H25NO2/c1-14(12-18-11-7-10-17(18,2)3)16(19)20-13-15-8-5-4-6-9-15/h4-6,8-9,14H,7,10-13H2,1-3H3. The molecule has 0 radical (unpaired) electrons. The highest BCUT2D eigenvalue weighted by Crippen LogP contribution is 2.28. The first kappa shape index (κ1) is 15.0. The maximum absolute atomic E-state index is 12.1. The Kier molecular flexibility index (Phi) is 4.81. The Bertz CT molecular complexity index is 442. The molecule has 110 valence electrons. The van der Waals surface area contributed by atoms with Crippen LogP contribution in [0.4, 0.5) is 0 Å². The van der Waals surface area contributed by atoms with E-state index < -0.39 is 0 Å². The average molecular weight is 275 g/mol. The summed E-state index contributed by atoms with van der Waals surface area (Å²) < 4.78 is 5.40. The number of carbonyl (C=O) groups excluding carboxylic acids is 1. The third-order valence-electron chi connectivity index (χ3n) is 4.19. The molecule has 0 amide bonds. The van der Waals surface area contributed by atoms with E-state index in [1.165, 1.54) is 12.8 Å². The summed E-state index contributed by atoms with van der Waals surface area (Å²) in [5.41, 5.74) is 1.25. The van der Waals surface area contributed by atoms with Crippen LogP contribution in [0.5, 0.6) is 0 Å². The van der Waals surface area contributed by atoms with Crippen molar-refractivity contribution in [2.75, 3.05) is 13.1 Å². The van der Waals surface area contributed by atoms with Crippen LogP contribution in [-0.2, 0) is 16.1 Å². The molecule has 1 saturated heterocycles. The van der Waals surface area contributed by atoms with Crippen LogP contribution in [0, 0.1) is 5.92 Å². The van der Waals surface area contributed by atoms with Crippen molar-refractivity contribution in [2.24, 2.45) is 5.92 Å². The number of benzene rings is 1. The lowest BCUT2D eigenvalue weighted by Crippen LogP contribution is -2.42. The van der Waals surface area contributed by atoms with Crippen LogP contribution in [-0.4, -0.2) is 29.5 Å². The van der Waals surface area contributed by atoms with Crippen LogP contribution in [0.3, 0.4) is 0 Å². The minimum Gasteiger partial charge on any atom is -0.461 e. The van der Waals surface area contributed by atoms with Crippen molar-refractivity contribution < 1.29 is 9.53 Å². The molecule has 1 heterocycles. The second-order valence-electron chi connectivity index (χ2n) is 6.36. The Morgan fingerprint density at radius 1 is 1.35 bits per heavy atom. The van der Waals surface area contributed by atoms with Gasteiger partial charge in [0.25, 0.3) is 0 Å². The first-order chi connectivity index (χ1) is 9.49. The van der Waals surface area contributed by atoms with Crippen LogP contribution in [0.1, 0.15) is 39.2 Å². The SMILES string of the molecule is CC(CN1CCCC1(C)C)C(=O)OCc1ccccc1.